The van der Waals surface area contributed by atoms with E-state index in [1.54, 1.807) is 18.2 Å². The summed E-state index contributed by atoms with van der Waals surface area (Å²) in [7, 11) is -0.695. The molecule has 0 atom stereocenters. The molecular formula is C20H21N5O4S. The Morgan fingerprint density at radius 1 is 1.13 bits per heavy atom. The van der Waals surface area contributed by atoms with E-state index in [1.165, 1.54) is 30.6 Å². The fraction of sp³-hybridized carbons (Fsp3) is 0.200. The topological polar surface area (TPSA) is 134 Å². The lowest BCUT2D eigenvalue weighted by atomic mass is 10.2. The molecule has 0 saturated heterocycles. The number of hydrogen-bond donors (Lipinski definition) is 3. The second-order valence-corrected chi connectivity index (χ2v) is 8.92. The third-order valence-corrected chi connectivity index (χ3v) is 6.82. The van der Waals surface area contributed by atoms with Crippen LogP contribution < -0.4 is 11.3 Å². The molecule has 30 heavy (non-hydrogen) atoms. The summed E-state index contributed by atoms with van der Waals surface area (Å²) in [6, 6.07) is 11.8. The summed E-state index contributed by atoms with van der Waals surface area (Å²) in [5, 5.41) is 0.609. The van der Waals surface area contributed by atoms with Gasteiger partial charge in [-0.25, -0.2) is 13.4 Å². The van der Waals surface area contributed by atoms with Gasteiger partial charge in [0.15, 0.2) is 5.69 Å². The lowest BCUT2D eigenvalue weighted by Gasteiger charge is -2.16. The summed E-state index contributed by atoms with van der Waals surface area (Å²) < 4.78 is 31.8. The SMILES string of the molecule is COCCN(C)S(=O)(=O)c1ccc2c(N)c(-c3nc4ccccc4[nH]c3=O)[nH]c2c1. The summed E-state index contributed by atoms with van der Waals surface area (Å²) in [6.45, 7) is 0.513. The number of nitrogen functional groups attached to an aromatic ring is 1. The molecule has 0 radical (unpaired) electrons. The van der Waals surface area contributed by atoms with Gasteiger partial charge in [-0.2, -0.15) is 4.31 Å². The fourth-order valence-corrected chi connectivity index (χ4v) is 4.45. The standard InChI is InChI=1S/C20H21N5O4S/c1-25(9-10-29-2)30(27,28)12-7-8-13-16(11-12)23-18(17(13)21)19-20(26)24-15-6-4-3-5-14(15)22-19/h3-8,11,23H,9-10,21H2,1-2H3,(H,24,26). The molecule has 0 fully saturated rings. The molecule has 0 saturated carbocycles. The van der Waals surface area contributed by atoms with Gasteiger partial charge in [-0.15, -0.1) is 0 Å². The van der Waals surface area contributed by atoms with Gasteiger partial charge in [0.2, 0.25) is 10.0 Å². The number of aromatic nitrogens is 3. The minimum Gasteiger partial charge on any atom is -0.396 e. The number of nitrogens with one attached hydrogen (secondary N) is 2. The molecule has 4 N–H and O–H groups in total. The lowest BCUT2D eigenvalue weighted by Crippen LogP contribution is -2.30. The van der Waals surface area contributed by atoms with Gasteiger partial charge in [-0.3, -0.25) is 4.79 Å². The van der Waals surface area contributed by atoms with Gasteiger partial charge in [0.05, 0.1) is 33.9 Å². The van der Waals surface area contributed by atoms with Crippen LogP contribution in [0.25, 0.3) is 33.3 Å². The maximum absolute atomic E-state index is 12.8. The molecule has 156 valence electrons. The molecule has 2 aromatic heterocycles. The van der Waals surface area contributed by atoms with Gasteiger partial charge in [-0.1, -0.05) is 12.1 Å². The van der Waals surface area contributed by atoms with Crippen LogP contribution in [-0.4, -0.2) is 55.0 Å². The normalized spacial score (nSPS) is 12.2. The van der Waals surface area contributed by atoms with E-state index in [4.69, 9.17) is 10.5 Å². The van der Waals surface area contributed by atoms with Crippen molar-refractivity contribution in [1.29, 1.82) is 0 Å². The molecular weight excluding hydrogens is 406 g/mol. The van der Waals surface area contributed by atoms with Crippen LogP contribution in [0.3, 0.4) is 0 Å². The zero-order valence-electron chi connectivity index (χ0n) is 16.5. The van der Waals surface area contributed by atoms with Gasteiger partial charge in [0.1, 0.15) is 0 Å². The van der Waals surface area contributed by atoms with E-state index in [-0.39, 0.29) is 29.3 Å². The highest BCUT2D eigenvalue weighted by atomic mass is 32.2. The van der Waals surface area contributed by atoms with Crippen molar-refractivity contribution >= 4 is 37.6 Å². The summed E-state index contributed by atoms with van der Waals surface area (Å²) in [5.41, 5.74) is 8.43. The summed E-state index contributed by atoms with van der Waals surface area (Å²) >= 11 is 0. The van der Waals surface area contributed by atoms with Crippen LogP contribution in [0.2, 0.25) is 0 Å². The predicted molar refractivity (Wildman–Crippen MR) is 116 cm³/mol. The largest absolute Gasteiger partial charge is 0.396 e. The second-order valence-electron chi connectivity index (χ2n) is 6.87. The molecule has 2 heterocycles. The number of H-pyrrole nitrogens is 2. The molecule has 2 aromatic carbocycles. The van der Waals surface area contributed by atoms with Crippen LogP contribution in [0, 0.1) is 0 Å². The van der Waals surface area contributed by atoms with Crippen molar-refractivity contribution < 1.29 is 13.2 Å². The van der Waals surface area contributed by atoms with Crippen LogP contribution in [0.15, 0.2) is 52.2 Å². The van der Waals surface area contributed by atoms with Crippen LogP contribution in [0.1, 0.15) is 0 Å². The number of fused-ring (bicyclic) bond motifs is 2. The predicted octanol–water partition coefficient (Wildman–Crippen LogP) is 1.92. The molecule has 0 aliphatic heterocycles. The van der Waals surface area contributed by atoms with Crippen molar-refractivity contribution in [2.45, 2.75) is 4.90 Å². The first-order chi connectivity index (χ1) is 14.3. The third-order valence-electron chi connectivity index (χ3n) is 4.97. The van der Waals surface area contributed by atoms with Crippen molar-refractivity contribution in [3.8, 4) is 11.4 Å². The number of aromatic amines is 2. The molecule has 0 spiro atoms. The van der Waals surface area contributed by atoms with Crippen molar-refractivity contribution in [3.63, 3.8) is 0 Å². The van der Waals surface area contributed by atoms with Crippen LogP contribution in [-0.2, 0) is 14.8 Å². The number of likely N-dealkylation sites (N-methyl/N-ethyl adjacent to an activating group) is 1. The Hall–Kier alpha value is -3.21. The average molecular weight is 427 g/mol. The smallest absolute Gasteiger partial charge is 0.276 e. The molecule has 0 bridgehead atoms. The minimum atomic E-state index is -3.70. The van der Waals surface area contributed by atoms with Crippen molar-refractivity contribution in [2.24, 2.45) is 0 Å². The van der Waals surface area contributed by atoms with E-state index in [1.807, 2.05) is 12.1 Å². The zero-order chi connectivity index (χ0) is 21.5. The number of nitrogens with two attached hydrogens (primary N) is 1. The van der Waals surface area contributed by atoms with Gasteiger partial charge < -0.3 is 20.4 Å². The Morgan fingerprint density at radius 3 is 2.67 bits per heavy atom. The fourth-order valence-electron chi connectivity index (χ4n) is 3.26. The maximum Gasteiger partial charge on any atom is 0.276 e. The van der Waals surface area contributed by atoms with Gasteiger partial charge in [-0.05, 0) is 30.3 Å². The number of rotatable bonds is 6. The maximum atomic E-state index is 12.8. The molecule has 4 aromatic rings. The Labute approximate surface area is 172 Å². The molecule has 9 nitrogen and oxygen atoms in total. The number of methoxy groups -OCH3 is 1. The number of nitrogens with zero attached hydrogens (tertiary/aromatic N) is 2. The van der Waals surface area contributed by atoms with Crippen LogP contribution in [0.4, 0.5) is 5.69 Å². The summed E-state index contributed by atoms with van der Waals surface area (Å²) in [4.78, 5) is 23.0. The molecule has 0 amide bonds. The van der Waals surface area contributed by atoms with Crippen molar-refractivity contribution in [1.82, 2.24) is 19.3 Å². The minimum absolute atomic E-state index is 0.113. The number of sulfonamides is 1. The van der Waals surface area contributed by atoms with E-state index >= 15 is 0 Å². The third kappa shape index (κ3) is 3.34. The van der Waals surface area contributed by atoms with Crippen molar-refractivity contribution in [2.75, 3.05) is 33.0 Å². The first kappa shape index (κ1) is 20.1. The summed E-state index contributed by atoms with van der Waals surface area (Å²) in [6.07, 6.45) is 0. The Kier molecular flexibility index (Phi) is 5.06. The molecule has 0 aliphatic rings. The van der Waals surface area contributed by atoms with Crippen LogP contribution >= 0.6 is 0 Å². The Morgan fingerprint density at radius 2 is 1.90 bits per heavy atom. The Bertz CT molecular complexity index is 1410. The summed E-state index contributed by atoms with van der Waals surface area (Å²) in [5.74, 6) is 0. The van der Waals surface area contributed by atoms with Crippen LogP contribution in [0.5, 0.6) is 0 Å². The Balaban J connectivity index is 1.82. The first-order valence-electron chi connectivity index (χ1n) is 9.19. The number of anilines is 1. The quantitative estimate of drug-likeness (QED) is 0.430. The highest BCUT2D eigenvalue weighted by Crippen LogP contribution is 2.32. The number of para-hydroxylation sites is 2. The number of benzene rings is 2. The molecule has 4 rings (SSSR count). The van der Waals surface area contributed by atoms with Gasteiger partial charge in [0, 0.05) is 31.6 Å². The second kappa shape index (κ2) is 7.56. The van der Waals surface area contributed by atoms with Crippen molar-refractivity contribution in [3.05, 3.63) is 52.8 Å². The van der Waals surface area contributed by atoms with Gasteiger partial charge in [0.25, 0.3) is 5.56 Å². The van der Waals surface area contributed by atoms with Gasteiger partial charge >= 0.3 is 0 Å². The van der Waals surface area contributed by atoms with E-state index in [2.05, 4.69) is 15.0 Å². The molecule has 0 unspecified atom stereocenters. The van der Waals surface area contributed by atoms with E-state index < -0.39 is 10.0 Å². The lowest BCUT2D eigenvalue weighted by molar-refractivity contribution is 0.185. The van der Waals surface area contributed by atoms with E-state index in [0.717, 1.165) is 0 Å². The highest BCUT2D eigenvalue weighted by Gasteiger charge is 2.22. The average Bonchev–Trinajstić information content (AvgIpc) is 3.07. The number of hydrogen-bond acceptors (Lipinski definition) is 6. The van der Waals surface area contributed by atoms with E-state index in [9.17, 15) is 13.2 Å². The highest BCUT2D eigenvalue weighted by molar-refractivity contribution is 7.89. The zero-order valence-corrected chi connectivity index (χ0v) is 17.3. The monoisotopic (exact) mass is 427 g/mol. The molecule has 0 aliphatic carbocycles. The van der Waals surface area contributed by atoms with E-state index in [0.29, 0.717) is 33.3 Å². The first-order valence-corrected chi connectivity index (χ1v) is 10.6. The molecule has 10 heteroatoms. The number of ether oxygens (including phenoxy) is 1.